The summed E-state index contributed by atoms with van der Waals surface area (Å²) in [5, 5.41) is 4.11. The third-order valence-corrected chi connectivity index (χ3v) is 5.94. The number of aromatic nitrogens is 2. The maximum Gasteiger partial charge on any atom is 0.246 e. The highest BCUT2D eigenvalue weighted by Gasteiger charge is 2.19. The van der Waals surface area contributed by atoms with E-state index in [0.717, 1.165) is 62.4 Å². The predicted molar refractivity (Wildman–Crippen MR) is 132 cm³/mol. The number of ether oxygens (including phenoxy) is 1. The molecule has 0 bridgehead atoms. The summed E-state index contributed by atoms with van der Waals surface area (Å²) in [5.41, 5.74) is 3.16. The van der Waals surface area contributed by atoms with E-state index in [2.05, 4.69) is 22.0 Å². The summed E-state index contributed by atoms with van der Waals surface area (Å²) in [6.07, 6.45) is 5.22. The summed E-state index contributed by atoms with van der Waals surface area (Å²) < 4.78 is 10.9. The third-order valence-electron chi connectivity index (χ3n) is 5.94. The van der Waals surface area contributed by atoms with Crippen molar-refractivity contribution in [1.82, 2.24) is 19.9 Å². The van der Waals surface area contributed by atoms with Crippen LogP contribution in [0.1, 0.15) is 30.4 Å². The van der Waals surface area contributed by atoms with Gasteiger partial charge in [0.1, 0.15) is 5.75 Å². The van der Waals surface area contributed by atoms with Gasteiger partial charge in [0.2, 0.25) is 17.6 Å². The molecule has 0 spiro atoms. The Morgan fingerprint density at radius 2 is 1.79 bits per heavy atom. The average molecular weight is 461 g/mol. The van der Waals surface area contributed by atoms with Crippen LogP contribution in [-0.4, -0.2) is 65.2 Å². The quantitative estimate of drug-likeness (QED) is 0.445. The van der Waals surface area contributed by atoms with Crippen LogP contribution in [0, 0.1) is 6.92 Å². The van der Waals surface area contributed by atoms with Gasteiger partial charge in [0.15, 0.2) is 0 Å². The van der Waals surface area contributed by atoms with Crippen molar-refractivity contribution in [3.05, 3.63) is 71.6 Å². The molecule has 7 nitrogen and oxygen atoms in total. The zero-order chi connectivity index (χ0) is 23.8. The zero-order valence-corrected chi connectivity index (χ0v) is 19.9. The van der Waals surface area contributed by atoms with Crippen molar-refractivity contribution in [3.63, 3.8) is 0 Å². The van der Waals surface area contributed by atoms with Crippen molar-refractivity contribution in [2.45, 2.75) is 26.7 Å². The Labute approximate surface area is 201 Å². The van der Waals surface area contributed by atoms with Gasteiger partial charge in [-0.1, -0.05) is 47.1 Å². The molecule has 1 aliphatic rings. The standard InChI is InChI=1S/C27H32N4O3/c1-3-33-24-13-8-22(9-14-24)10-15-26(32)31-19-17-30(18-20-31)16-4-5-25-28-27(29-34-25)23-11-6-21(2)7-12-23/h6-15H,3-5,16-20H2,1-2H3. The van der Waals surface area contributed by atoms with Gasteiger partial charge in [-0.2, -0.15) is 4.98 Å². The lowest BCUT2D eigenvalue weighted by molar-refractivity contribution is -0.127. The first kappa shape index (κ1) is 23.7. The summed E-state index contributed by atoms with van der Waals surface area (Å²) in [4.78, 5) is 21.4. The number of rotatable bonds is 9. The minimum atomic E-state index is 0.0584. The second-order valence-electron chi connectivity index (χ2n) is 8.48. The van der Waals surface area contributed by atoms with Crippen molar-refractivity contribution in [2.24, 2.45) is 0 Å². The van der Waals surface area contributed by atoms with Crippen molar-refractivity contribution < 1.29 is 14.1 Å². The average Bonchev–Trinajstić information content (AvgIpc) is 3.33. The second-order valence-corrected chi connectivity index (χ2v) is 8.48. The van der Waals surface area contributed by atoms with Gasteiger partial charge in [-0.25, -0.2) is 0 Å². The Hall–Kier alpha value is -3.45. The van der Waals surface area contributed by atoms with E-state index in [9.17, 15) is 4.79 Å². The fraction of sp³-hybridized carbons (Fsp3) is 0.370. The molecule has 1 fully saturated rings. The molecular weight excluding hydrogens is 428 g/mol. The van der Waals surface area contributed by atoms with Crippen LogP contribution in [0.15, 0.2) is 59.1 Å². The molecule has 0 atom stereocenters. The van der Waals surface area contributed by atoms with Crippen LogP contribution < -0.4 is 4.74 Å². The number of hydrogen-bond donors (Lipinski definition) is 0. The molecule has 4 rings (SSSR count). The highest BCUT2D eigenvalue weighted by atomic mass is 16.5. The van der Waals surface area contributed by atoms with E-state index >= 15 is 0 Å². The fourth-order valence-electron chi connectivity index (χ4n) is 3.94. The van der Waals surface area contributed by atoms with Gasteiger partial charge in [-0.15, -0.1) is 0 Å². The molecule has 0 radical (unpaired) electrons. The van der Waals surface area contributed by atoms with Gasteiger partial charge in [0, 0.05) is 44.2 Å². The topological polar surface area (TPSA) is 71.7 Å². The van der Waals surface area contributed by atoms with E-state index in [1.165, 1.54) is 5.56 Å². The van der Waals surface area contributed by atoms with Crippen molar-refractivity contribution in [3.8, 4) is 17.1 Å². The van der Waals surface area contributed by atoms with Crippen LogP contribution in [0.25, 0.3) is 17.5 Å². The molecule has 2 heterocycles. The second kappa shape index (κ2) is 11.6. The summed E-state index contributed by atoms with van der Waals surface area (Å²) in [6, 6.07) is 15.9. The lowest BCUT2D eigenvalue weighted by Crippen LogP contribution is -2.48. The summed E-state index contributed by atoms with van der Waals surface area (Å²) in [6.45, 7) is 8.85. The van der Waals surface area contributed by atoms with E-state index in [-0.39, 0.29) is 5.91 Å². The first-order valence-electron chi connectivity index (χ1n) is 11.9. The molecule has 34 heavy (non-hydrogen) atoms. The number of aryl methyl sites for hydroxylation is 2. The van der Waals surface area contributed by atoms with E-state index in [1.54, 1.807) is 6.08 Å². The minimum absolute atomic E-state index is 0.0584. The number of amides is 1. The Morgan fingerprint density at radius 1 is 1.06 bits per heavy atom. The van der Waals surface area contributed by atoms with Crippen molar-refractivity contribution in [1.29, 1.82) is 0 Å². The van der Waals surface area contributed by atoms with Crippen LogP contribution in [-0.2, 0) is 11.2 Å². The fourth-order valence-corrected chi connectivity index (χ4v) is 3.94. The Bertz CT molecular complexity index is 1080. The first-order chi connectivity index (χ1) is 16.6. The van der Waals surface area contributed by atoms with Gasteiger partial charge < -0.3 is 14.2 Å². The van der Waals surface area contributed by atoms with Crippen LogP contribution in [0.3, 0.4) is 0 Å². The summed E-state index contributed by atoms with van der Waals surface area (Å²) in [5.74, 6) is 2.21. The molecule has 1 saturated heterocycles. The summed E-state index contributed by atoms with van der Waals surface area (Å²) in [7, 11) is 0. The largest absolute Gasteiger partial charge is 0.494 e. The smallest absolute Gasteiger partial charge is 0.246 e. The number of piperazine rings is 1. The predicted octanol–water partition coefficient (Wildman–Crippen LogP) is 4.23. The zero-order valence-electron chi connectivity index (χ0n) is 19.9. The van der Waals surface area contributed by atoms with E-state index in [4.69, 9.17) is 9.26 Å². The Balaban J connectivity index is 1.17. The number of benzene rings is 2. The van der Waals surface area contributed by atoms with E-state index < -0.39 is 0 Å². The number of carbonyl (C=O) groups excluding carboxylic acids is 1. The first-order valence-corrected chi connectivity index (χ1v) is 11.9. The Morgan fingerprint density at radius 3 is 2.50 bits per heavy atom. The maximum absolute atomic E-state index is 12.6. The lowest BCUT2D eigenvalue weighted by atomic mass is 10.1. The SMILES string of the molecule is CCOc1ccc(C=CC(=O)N2CCN(CCCc3nc(-c4ccc(C)cc4)no3)CC2)cc1. The highest BCUT2D eigenvalue weighted by molar-refractivity contribution is 5.91. The molecule has 2 aromatic carbocycles. The van der Waals surface area contributed by atoms with Crippen LogP contribution >= 0.6 is 0 Å². The minimum Gasteiger partial charge on any atom is -0.494 e. The monoisotopic (exact) mass is 460 g/mol. The molecule has 1 aliphatic heterocycles. The molecule has 1 aromatic heterocycles. The maximum atomic E-state index is 12.6. The molecule has 0 unspecified atom stereocenters. The van der Waals surface area contributed by atoms with E-state index in [0.29, 0.717) is 18.3 Å². The summed E-state index contributed by atoms with van der Waals surface area (Å²) >= 11 is 0. The van der Waals surface area contributed by atoms with Crippen LogP contribution in [0.5, 0.6) is 5.75 Å². The highest BCUT2D eigenvalue weighted by Crippen LogP contribution is 2.17. The van der Waals surface area contributed by atoms with Gasteiger partial charge in [0.05, 0.1) is 6.61 Å². The molecule has 0 aliphatic carbocycles. The van der Waals surface area contributed by atoms with Gasteiger partial charge >= 0.3 is 0 Å². The van der Waals surface area contributed by atoms with Crippen LogP contribution in [0.4, 0.5) is 0 Å². The molecule has 0 N–H and O–H groups in total. The van der Waals surface area contributed by atoms with Gasteiger partial charge in [-0.05, 0) is 50.6 Å². The third kappa shape index (κ3) is 6.54. The van der Waals surface area contributed by atoms with Crippen molar-refractivity contribution in [2.75, 3.05) is 39.3 Å². The van der Waals surface area contributed by atoms with Gasteiger partial charge in [0.25, 0.3) is 0 Å². The van der Waals surface area contributed by atoms with E-state index in [1.807, 2.05) is 66.4 Å². The number of carbonyl (C=O) groups is 1. The van der Waals surface area contributed by atoms with Crippen molar-refractivity contribution >= 4 is 12.0 Å². The lowest BCUT2D eigenvalue weighted by Gasteiger charge is -2.34. The normalized spacial score (nSPS) is 14.6. The van der Waals surface area contributed by atoms with Gasteiger partial charge in [-0.3, -0.25) is 9.69 Å². The molecule has 7 heteroatoms. The Kier molecular flexibility index (Phi) is 8.09. The molecule has 0 saturated carbocycles. The number of hydrogen-bond acceptors (Lipinski definition) is 6. The molecule has 1 amide bonds. The number of nitrogens with zero attached hydrogens (tertiary/aromatic N) is 4. The van der Waals surface area contributed by atoms with Crippen LogP contribution in [0.2, 0.25) is 0 Å². The molecular formula is C27H32N4O3. The molecule has 3 aromatic rings. The molecule has 178 valence electrons.